The molecule has 0 saturated carbocycles. The Morgan fingerprint density at radius 1 is 1.35 bits per heavy atom. The Labute approximate surface area is 97.3 Å². The molecule has 0 bridgehead atoms. The molecule has 17 heavy (non-hydrogen) atoms. The van der Waals surface area contributed by atoms with Crippen LogP contribution in [0.15, 0.2) is 0 Å². The number of amides is 4. The van der Waals surface area contributed by atoms with Crippen molar-refractivity contribution in [3.05, 3.63) is 0 Å². The number of imide groups is 1. The van der Waals surface area contributed by atoms with E-state index in [1.807, 2.05) is 0 Å². The van der Waals surface area contributed by atoms with Crippen LogP contribution in [0.5, 0.6) is 0 Å². The highest BCUT2D eigenvalue weighted by Crippen LogP contribution is 2.03. The van der Waals surface area contributed by atoms with Crippen LogP contribution in [0.3, 0.4) is 0 Å². The van der Waals surface area contributed by atoms with Crippen LogP contribution in [0.1, 0.15) is 12.8 Å². The van der Waals surface area contributed by atoms with Crippen LogP contribution in [0.25, 0.3) is 0 Å². The summed E-state index contributed by atoms with van der Waals surface area (Å²) in [6.45, 7) is -0.445. The molecule has 0 aromatic carbocycles. The van der Waals surface area contributed by atoms with Crippen LogP contribution in [-0.2, 0) is 19.2 Å². The Bertz CT molecular complexity index is 355. The highest BCUT2D eigenvalue weighted by atomic mass is 16.2. The number of piperidine rings is 1. The molecule has 1 aliphatic rings. The van der Waals surface area contributed by atoms with Gasteiger partial charge in [-0.1, -0.05) is 0 Å². The Balaban J connectivity index is 2.33. The van der Waals surface area contributed by atoms with Crippen LogP contribution < -0.4 is 21.7 Å². The molecule has 1 saturated heterocycles. The third-order valence-electron chi connectivity index (χ3n) is 2.21. The zero-order valence-corrected chi connectivity index (χ0v) is 9.12. The maximum Gasteiger partial charge on any atom is 0.249 e. The van der Waals surface area contributed by atoms with E-state index in [4.69, 9.17) is 5.73 Å². The predicted octanol–water partition coefficient (Wildman–Crippen LogP) is -3.02. The summed E-state index contributed by atoms with van der Waals surface area (Å²) in [5.41, 5.74) is 5.03. The van der Waals surface area contributed by atoms with E-state index in [9.17, 15) is 19.2 Å². The quantitative estimate of drug-likeness (QED) is 0.390. The monoisotopic (exact) mass is 242 g/mol. The molecule has 8 heteroatoms. The Hall–Kier alpha value is -1.96. The van der Waals surface area contributed by atoms with Gasteiger partial charge in [-0.15, -0.1) is 0 Å². The lowest BCUT2D eigenvalue weighted by atomic mass is 10.1. The molecule has 4 amide bonds. The molecule has 1 fully saturated rings. The number of carbonyl (C=O) groups excluding carboxylic acids is 4. The average molecular weight is 242 g/mol. The van der Waals surface area contributed by atoms with Gasteiger partial charge < -0.3 is 16.4 Å². The third kappa shape index (κ3) is 4.19. The minimum atomic E-state index is -0.727. The van der Waals surface area contributed by atoms with Gasteiger partial charge in [-0.2, -0.15) is 0 Å². The van der Waals surface area contributed by atoms with E-state index < -0.39 is 23.8 Å². The molecule has 1 heterocycles. The van der Waals surface area contributed by atoms with Crippen molar-refractivity contribution in [1.29, 1.82) is 0 Å². The highest BCUT2D eigenvalue weighted by molar-refractivity contribution is 6.01. The Kier molecular flexibility index (Phi) is 4.58. The first-order chi connectivity index (χ1) is 8.02. The first-order valence-corrected chi connectivity index (χ1v) is 5.12. The maximum atomic E-state index is 11.3. The Morgan fingerprint density at radius 3 is 2.65 bits per heavy atom. The number of rotatable bonds is 4. The van der Waals surface area contributed by atoms with Crippen molar-refractivity contribution in [3.8, 4) is 0 Å². The van der Waals surface area contributed by atoms with Gasteiger partial charge in [0, 0.05) is 6.42 Å². The minimum Gasteiger partial charge on any atom is -0.346 e. The van der Waals surface area contributed by atoms with Gasteiger partial charge >= 0.3 is 0 Å². The molecule has 94 valence electrons. The lowest BCUT2D eigenvalue weighted by molar-refractivity contribution is -0.137. The van der Waals surface area contributed by atoms with Crippen molar-refractivity contribution in [2.75, 3.05) is 13.1 Å². The first-order valence-electron chi connectivity index (χ1n) is 5.12. The van der Waals surface area contributed by atoms with Crippen LogP contribution in [-0.4, -0.2) is 42.8 Å². The van der Waals surface area contributed by atoms with Gasteiger partial charge in [-0.05, 0) is 6.42 Å². The van der Waals surface area contributed by atoms with E-state index in [-0.39, 0.29) is 31.8 Å². The zero-order chi connectivity index (χ0) is 12.8. The fourth-order valence-corrected chi connectivity index (χ4v) is 1.33. The summed E-state index contributed by atoms with van der Waals surface area (Å²) in [7, 11) is 0. The van der Waals surface area contributed by atoms with E-state index in [0.29, 0.717) is 0 Å². The lowest BCUT2D eigenvalue weighted by Gasteiger charge is -2.21. The van der Waals surface area contributed by atoms with Crippen molar-refractivity contribution >= 4 is 23.6 Å². The maximum absolute atomic E-state index is 11.3. The van der Waals surface area contributed by atoms with Crippen LogP contribution in [0, 0.1) is 0 Å². The summed E-state index contributed by atoms with van der Waals surface area (Å²) in [4.78, 5) is 44.2. The molecule has 0 aliphatic carbocycles. The second kappa shape index (κ2) is 5.94. The smallest absolute Gasteiger partial charge is 0.249 e. The number of carbonyl (C=O) groups is 4. The molecule has 1 aliphatic heterocycles. The van der Waals surface area contributed by atoms with Crippen LogP contribution in [0.4, 0.5) is 0 Å². The fourth-order valence-electron chi connectivity index (χ4n) is 1.33. The molecule has 1 atom stereocenters. The molecular weight excluding hydrogens is 228 g/mol. The van der Waals surface area contributed by atoms with E-state index in [1.165, 1.54) is 0 Å². The predicted molar refractivity (Wildman–Crippen MR) is 56.4 cm³/mol. The lowest BCUT2D eigenvalue weighted by Crippen LogP contribution is -2.54. The summed E-state index contributed by atoms with van der Waals surface area (Å²) in [5, 5.41) is 6.79. The Morgan fingerprint density at radius 2 is 2.06 bits per heavy atom. The number of nitrogens with two attached hydrogens (primary N) is 1. The molecule has 1 rings (SSSR count). The summed E-state index contributed by atoms with van der Waals surface area (Å²) in [6, 6.07) is -0.727. The summed E-state index contributed by atoms with van der Waals surface area (Å²) >= 11 is 0. The summed E-state index contributed by atoms with van der Waals surface area (Å²) < 4.78 is 0. The van der Waals surface area contributed by atoms with Crippen molar-refractivity contribution in [2.24, 2.45) is 5.73 Å². The zero-order valence-electron chi connectivity index (χ0n) is 9.12. The molecule has 5 N–H and O–H groups in total. The average Bonchev–Trinajstić information content (AvgIpc) is 2.29. The van der Waals surface area contributed by atoms with Crippen LogP contribution >= 0.6 is 0 Å². The number of hydrogen-bond donors (Lipinski definition) is 4. The number of hydrogen-bond acceptors (Lipinski definition) is 5. The summed E-state index contributed by atoms with van der Waals surface area (Å²) in [6.07, 6.45) is 0.451. The largest absolute Gasteiger partial charge is 0.346 e. The minimum absolute atomic E-state index is 0.186. The van der Waals surface area contributed by atoms with Gasteiger partial charge in [-0.3, -0.25) is 24.5 Å². The van der Waals surface area contributed by atoms with Crippen molar-refractivity contribution in [2.45, 2.75) is 18.9 Å². The second-order valence-electron chi connectivity index (χ2n) is 3.55. The van der Waals surface area contributed by atoms with Crippen molar-refractivity contribution in [1.82, 2.24) is 16.0 Å². The molecular formula is C9H14N4O4. The van der Waals surface area contributed by atoms with E-state index >= 15 is 0 Å². The molecule has 0 aromatic heterocycles. The van der Waals surface area contributed by atoms with Gasteiger partial charge in [0.2, 0.25) is 23.6 Å². The SMILES string of the molecule is NCC(=O)NCC(=O)NC1CCC(=O)NC1=O. The fraction of sp³-hybridized carbons (Fsp3) is 0.556. The normalized spacial score (nSPS) is 19.5. The molecule has 0 radical (unpaired) electrons. The third-order valence-corrected chi connectivity index (χ3v) is 2.21. The summed E-state index contributed by atoms with van der Waals surface area (Å²) in [5.74, 6) is -1.83. The molecule has 0 spiro atoms. The van der Waals surface area contributed by atoms with Gasteiger partial charge in [0.1, 0.15) is 6.04 Å². The van der Waals surface area contributed by atoms with Crippen molar-refractivity contribution in [3.63, 3.8) is 0 Å². The van der Waals surface area contributed by atoms with E-state index in [2.05, 4.69) is 16.0 Å². The molecule has 1 unspecified atom stereocenters. The number of nitrogens with one attached hydrogen (secondary N) is 3. The van der Waals surface area contributed by atoms with Crippen molar-refractivity contribution < 1.29 is 19.2 Å². The highest BCUT2D eigenvalue weighted by Gasteiger charge is 2.27. The standard InChI is InChI=1S/C9H14N4O4/c10-3-7(15)11-4-8(16)12-5-1-2-6(14)13-9(5)17/h5H,1-4,10H2,(H,11,15)(H,12,16)(H,13,14,17). The second-order valence-corrected chi connectivity index (χ2v) is 3.55. The van der Waals surface area contributed by atoms with Gasteiger partial charge in [0.05, 0.1) is 13.1 Å². The van der Waals surface area contributed by atoms with Crippen LogP contribution in [0.2, 0.25) is 0 Å². The molecule has 8 nitrogen and oxygen atoms in total. The first kappa shape index (κ1) is 13.1. The van der Waals surface area contributed by atoms with Gasteiger partial charge in [0.25, 0.3) is 0 Å². The van der Waals surface area contributed by atoms with Gasteiger partial charge in [0.15, 0.2) is 0 Å². The van der Waals surface area contributed by atoms with E-state index in [0.717, 1.165) is 0 Å². The van der Waals surface area contributed by atoms with E-state index in [1.54, 1.807) is 0 Å². The molecule has 0 aromatic rings. The topological polar surface area (TPSA) is 130 Å². The van der Waals surface area contributed by atoms with Gasteiger partial charge in [-0.25, -0.2) is 0 Å².